The van der Waals surface area contributed by atoms with Gasteiger partial charge in [-0.25, -0.2) is 0 Å². The Hall–Kier alpha value is 6.14. The molecule has 0 fully saturated rings. The molecule has 92 valence electrons. The van der Waals surface area contributed by atoms with Crippen molar-refractivity contribution < 1.29 is 209 Å². The van der Waals surface area contributed by atoms with Crippen molar-refractivity contribution in [1.82, 2.24) is 0 Å². The van der Waals surface area contributed by atoms with Crippen LogP contribution < -0.4 is 154 Å². The number of hydrogen-bond donors (Lipinski definition) is 0. The van der Waals surface area contributed by atoms with E-state index in [9.17, 15) is 0 Å². The predicted octanol–water partition coefficient (Wildman–Crippen LogP) is -11.6. The molecule has 0 aliphatic heterocycles. The largest absolute Gasteiger partial charge is 2.00 e. The van der Waals surface area contributed by atoms with E-state index in [-0.39, 0.29) is 262 Å². The molecule has 16 heteroatoms. The summed E-state index contributed by atoms with van der Waals surface area (Å²) in [6.07, 6.45) is 0. The predicted molar refractivity (Wildman–Crippen MR) is 30.4 cm³/mol. The van der Waals surface area contributed by atoms with E-state index in [0.29, 0.717) is 0 Å². The van der Waals surface area contributed by atoms with Crippen molar-refractivity contribution in [2.75, 3.05) is 0 Å². The molecule has 10 nitrogen and oxygen atoms in total. The molecule has 0 aromatic carbocycles. The zero-order chi connectivity index (χ0) is 0. The molecule has 0 aliphatic rings. The van der Waals surface area contributed by atoms with Gasteiger partial charge in [-0.1, -0.05) is 0 Å². The van der Waals surface area contributed by atoms with Gasteiger partial charge < -0.3 is 54.8 Å². The Morgan fingerprint density at radius 1 is 0.250 bits per heavy atom. The van der Waals surface area contributed by atoms with Crippen LogP contribution in [0.25, 0.3) is 0 Å². The smallest absolute Gasteiger partial charge is 1.00 e. The van der Waals surface area contributed by atoms with Crippen LogP contribution in [0.15, 0.2) is 0 Å². The summed E-state index contributed by atoms with van der Waals surface area (Å²) in [7, 11) is 0. The first-order valence-electron chi connectivity index (χ1n) is 0. The normalized spacial score (nSPS) is 0. The fourth-order valence-corrected chi connectivity index (χ4v) is 0. The third-order valence-electron chi connectivity index (χ3n) is 0. The van der Waals surface area contributed by atoms with E-state index in [4.69, 9.17) is 0 Å². The van der Waals surface area contributed by atoms with Crippen molar-refractivity contribution in [3.63, 3.8) is 0 Å². The van der Waals surface area contributed by atoms with Crippen molar-refractivity contribution in [3.8, 4) is 0 Å². The Balaban J connectivity index is 0. The molecule has 16 heavy (non-hydrogen) atoms. The van der Waals surface area contributed by atoms with E-state index in [1.54, 1.807) is 0 Å². The summed E-state index contributed by atoms with van der Waals surface area (Å²) in [6, 6.07) is 0. The number of rotatable bonds is 0. The van der Waals surface area contributed by atoms with Gasteiger partial charge in [0.1, 0.15) is 0 Å². The molecule has 12 radical (unpaired) electrons. The Kier molecular flexibility index (Phi) is 3730. The first-order chi connectivity index (χ1) is 0. The molecular formula is H5Ge3K3O10-12. The summed E-state index contributed by atoms with van der Waals surface area (Å²) in [5.41, 5.74) is 0. The van der Waals surface area contributed by atoms with Gasteiger partial charge in [0.05, 0.1) is 0 Å². The van der Waals surface area contributed by atoms with Gasteiger partial charge in [0.15, 0.2) is 0 Å². The zero-order valence-electron chi connectivity index (χ0n) is 8.78. The monoisotopic (exact) mass is 504 g/mol. The van der Waals surface area contributed by atoms with E-state index in [0.717, 1.165) is 0 Å². The molecule has 0 aliphatic carbocycles. The molecule has 5 N–H and O–H groups in total. The van der Waals surface area contributed by atoms with Gasteiger partial charge in [-0.3, -0.25) is 0 Å². The minimum atomic E-state index is 0. The van der Waals surface area contributed by atoms with E-state index in [1.165, 1.54) is 0 Å². The molecule has 0 atom stereocenters. The van der Waals surface area contributed by atoms with Crippen LogP contribution in [0.5, 0.6) is 0 Å². The van der Waals surface area contributed by atoms with E-state index < -0.39 is 0 Å². The van der Waals surface area contributed by atoms with Crippen molar-refractivity contribution in [1.29, 1.82) is 0 Å². The SMILES string of the molecule is [Ge].[Ge].[Ge].[K+].[K+].[K+].[O-2].[O-2].[O-2].[O-2].[O-2].[OH-].[OH-].[OH-].[OH-].[OH-]. The van der Waals surface area contributed by atoms with Crippen molar-refractivity contribution in [2.45, 2.75) is 0 Å². The molecular weight excluding hydrogens is 495 g/mol. The van der Waals surface area contributed by atoms with Gasteiger partial charge in [-0.2, -0.15) is 0 Å². The van der Waals surface area contributed by atoms with E-state index >= 15 is 0 Å². The topological polar surface area (TPSA) is 292 Å². The standard InChI is InChI=1S/3Ge.3K.5H2O.5O/h;;;;;;5*1H2;;;;;/q;;;3*+1;;;;;;5*-2/p-5. The van der Waals surface area contributed by atoms with Gasteiger partial charge >= 0.3 is 154 Å². The number of hydrogen-bond acceptors (Lipinski definition) is 5. The second kappa shape index (κ2) is 228. The van der Waals surface area contributed by atoms with E-state index in [2.05, 4.69) is 0 Å². The van der Waals surface area contributed by atoms with Crippen LogP contribution in [0, 0.1) is 0 Å². The maximum Gasteiger partial charge on any atom is 1.00 e. The second-order valence-electron chi connectivity index (χ2n) is 0. The first-order valence-corrected chi connectivity index (χ1v) is 0. The summed E-state index contributed by atoms with van der Waals surface area (Å²) >= 11 is 0. The molecule has 0 unspecified atom stereocenters. The Labute approximate surface area is 254 Å². The van der Waals surface area contributed by atoms with Crippen molar-refractivity contribution in [2.24, 2.45) is 0 Å². The summed E-state index contributed by atoms with van der Waals surface area (Å²) < 4.78 is 0. The molecule has 0 aromatic heterocycles. The maximum absolute atomic E-state index is 0. The summed E-state index contributed by atoms with van der Waals surface area (Å²) in [5.74, 6) is 0. The zero-order valence-corrected chi connectivity index (χ0v) is 24.4. The molecule has 0 bridgehead atoms. The van der Waals surface area contributed by atoms with Gasteiger partial charge in [-0.05, 0) is 0 Å². The average molecular weight is 500 g/mol. The Morgan fingerprint density at radius 2 is 0.250 bits per heavy atom. The minimum Gasteiger partial charge on any atom is -2.00 e. The fraction of sp³-hybridized carbons (Fsp3) is 0. The second-order valence-corrected chi connectivity index (χ2v) is 0. The van der Waals surface area contributed by atoms with Crippen LogP contribution in [-0.4, -0.2) is 80.2 Å². The molecule has 0 aromatic rings. The van der Waals surface area contributed by atoms with Crippen molar-refractivity contribution in [3.05, 3.63) is 0 Å². The summed E-state index contributed by atoms with van der Waals surface area (Å²) in [5, 5.41) is 0. The van der Waals surface area contributed by atoms with Crippen LogP contribution in [0.4, 0.5) is 0 Å². The first kappa shape index (κ1) is 263. The van der Waals surface area contributed by atoms with Crippen LogP contribution in [0.2, 0.25) is 0 Å². The molecule has 0 spiro atoms. The average Bonchev–Trinajstić information content (AvgIpc) is 0. The van der Waals surface area contributed by atoms with Crippen molar-refractivity contribution >= 4 is 52.8 Å². The van der Waals surface area contributed by atoms with Crippen LogP contribution >= 0.6 is 0 Å². The van der Waals surface area contributed by atoms with Gasteiger partial charge in [0.25, 0.3) is 0 Å². The van der Waals surface area contributed by atoms with Crippen LogP contribution in [-0.2, 0) is 27.4 Å². The minimum absolute atomic E-state index is 0. The van der Waals surface area contributed by atoms with Crippen LogP contribution in [0.1, 0.15) is 0 Å². The molecule has 0 heterocycles. The van der Waals surface area contributed by atoms with Gasteiger partial charge in [-0.15, -0.1) is 0 Å². The molecule has 0 saturated carbocycles. The maximum atomic E-state index is 0. The summed E-state index contributed by atoms with van der Waals surface area (Å²) in [6.45, 7) is 0. The summed E-state index contributed by atoms with van der Waals surface area (Å²) in [4.78, 5) is 0. The Morgan fingerprint density at radius 3 is 0.250 bits per heavy atom. The third-order valence-corrected chi connectivity index (χ3v) is 0. The fourth-order valence-electron chi connectivity index (χ4n) is 0. The Bertz CT molecular complexity index is 21.3. The van der Waals surface area contributed by atoms with Crippen LogP contribution in [0.3, 0.4) is 0 Å². The quantitative estimate of drug-likeness (QED) is 0.292. The third kappa shape index (κ3) is 196. The molecule has 0 rings (SSSR count). The van der Waals surface area contributed by atoms with Gasteiger partial charge in [0, 0.05) is 52.8 Å². The van der Waals surface area contributed by atoms with Gasteiger partial charge in [0.2, 0.25) is 0 Å². The molecule has 0 amide bonds. The molecule has 0 saturated heterocycles. The van der Waals surface area contributed by atoms with E-state index in [1.807, 2.05) is 0 Å².